The van der Waals surface area contributed by atoms with Crippen LogP contribution in [-0.4, -0.2) is 70.0 Å². The third-order valence-corrected chi connectivity index (χ3v) is 7.95. The van der Waals surface area contributed by atoms with Crippen LogP contribution in [0.25, 0.3) is 5.70 Å². The van der Waals surface area contributed by atoms with Crippen molar-refractivity contribution in [2.45, 2.75) is 51.7 Å². The maximum Gasteiger partial charge on any atom is 0.264 e. The summed E-state index contributed by atoms with van der Waals surface area (Å²) in [6, 6.07) is 20.2. The number of ketones is 1. The van der Waals surface area contributed by atoms with Crippen molar-refractivity contribution in [3.8, 4) is 0 Å². The van der Waals surface area contributed by atoms with Crippen LogP contribution in [0.2, 0.25) is 0 Å². The van der Waals surface area contributed by atoms with Gasteiger partial charge in [-0.1, -0.05) is 74.5 Å². The van der Waals surface area contributed by atoms with Gasteiger partial charge in [0.25, 0.3) is 17.7 Å². The Kier molecular flexibility index (Phi) is 9.46. The first kappa shape index (κ1) is 32.3. The smallest absolute Gasteiger partial charge is 0.264 e. The Balaban J connectivity index is 1.57. The molecule has 1 aromatic heterocycles. The first-order valence-electron chi connectivity index (χ1n) is 15.4. The number of aromatic nitrogens is 1. The summed E-state index contributed by atoms with van der Waals surface area (Å²) in [6.07, 6.45) is 5.40. The van der Waals surface area contributed by atoms with E-state index in [9.17, 15) is 19.2 Å². The molecule has 3 amide bonds. The second kappa shape index (κ2) is 13.5. The van der Waals surface area contributed by atoms with Gasteiger partial charge in [-0.3, -0.25) is 29.0 Å². The lowest BCUT2D eigenvalue weighted by Crippen LogP contribution is -2.60. The number of carbonyl (C=O) groups excluding carboxylic acids is 4. The molecule has 1 N–H and O–H groups in total. The summed E-state index contributed by atoms with van der Waals surface area (Å²) in [5, 5.41) is 2.75. The van der Waals surface area contributed by atoms with Gasteiger partial charge >= 0.3 is 0 Å². The molecule has 3 aromatic rings. The van der Waals surface area contributed by atoms with Crippen molar-refractivity contribution in [1.82, 2.24) is 15.1 Å². The summed E-state index contributed by atoms with van der Waals surface area (Å²) in [4.78, 5) is 63.1. The Morgan fingerprint density at radius 1 is 1.02 bits per heavy atom. The van der Waals surface area contributed by atoms with E-state index in [-0.39, 0.29) is 37.3 Å². The molecule has 238 valence electrons. The highest BCUT2D eigenvalue weighted by atomic mass is 16.5. The van der Waals surface area contributed by atoms with Crippen LogP contribution in [0.4, 0.5) is 0 Å². The molecule has 46 heavy (non-hydrogen) atoms. The monoisotopic (exact) mass is 622 g/mol. The van der Waals surface area contributed by atoms with Crippen molar-refractivity contribution in [1.29, 1.82) is 0 Å². The molecule has 10 nitrogen and oxygen atoms in total. The molecule has 0 spiro atoms. The number of Topliss-reactive ketones (excluding diaryl/α,β-unsaturated/α-hetero) is 1. The predicted octanol–water partition coefficient (Wildman–Crippen LogP) is 3.32. The molecule has 0 bridgehead atoms. The fraction of sp³-hybridized carbons (Fsp3) is 0.333. The topological polar surface area (TPSA) is 112 Å². The molecule has 10 heteroatoms. The molecule has 0 unspecified atom stereocenters. The Morgan fingerprint density at radius 2 is 1.70 bits per heavy atom. The number of carbonyl (C=O) groups is 4. The van der Waals surface area contributed by atoms with Gasteiger partial charge in [0.15, 0.2) is 12.4 Å². The Hall–Kier alpha value is -5.12. The van der Waals surface area contributed by atoms with Gasteiger partial charge in [-0.2, -0.15) is 0 Å². The Labute approximate surface area is 269 Å². The highest BCUT2D eigenvalue weighted by Gasteiger charge is 2.45. The van der Waals surface area contributed by atoms with Gasteiger partial charge in [-0.05, 0) is 37.0 Å². The van der Waals surface area contributed by atoms with E-state index < -0.39 is 35.2 Å². The van der Waals surface area contributed by atoms with Gasteiger partial charge in [-0.15, -0.1) is 0 Å². The van der Waals surface area contributed by atoms with Gasteiger partial charge in [0.2, 0.25) is 11.7 Å². The maximum absolute atomic E-state index is 14.7. The van der Waals surface area contributed by atoms with Crippen LogP contribution in [0.3, 0.4) is 0 Å². The van der Waals surface area contributed by atoms with Crippen molar-refractivity contribution in [3.05, 3.63) is 108 Å². The first-order valence-corrected chi connectivity index (χ1v) is 15.4. The molecule has 2 atom stereocenters. The van der Waals surface area contributed by atoms with Crippen LogP contribution < -0.4 is 9.88 Å². The van der Waals surface area contributed by atoms with E-state index in [2.05, 4.69) is 10.3 Å². The quantitative estimate of drug-likeness (QED) is 0.349. The fourth-order valence-electron chi connectivity index (χ4n) is 5.68. The predicted molar refractivity (Wildman–Crippen MR) is 173 cm³/mol. The summed E-state index contributed by atoms with van der Waals surface area (Å²) < 4.78 is 7.26. The van der Waals surface area contributed by atoms with Crippen molar-refractivity contribution in [3.63, 3.8) is 0 Å². The van der Waals surface area contributed by atoms with Gasteiger partial charge in [0.05, 0.1) is 17.8 Å². The Morgan fingerprint density at radius 3 is 2.30 bits per heavy atom. The SMILES string of the molecule is CC(C)[C@@H]1C(=O)N([C@@H](Cc2ccccc2)C(=O)NCC(=O)C2=NC(C)(C)CO2)C(c2ccccc2)=CN1C(=O)c1ccc[n+](C)c1. The number of pyridine rings is 1. The molecule has 5 rings (SSSR count). The molecule has 0 aliphatic carbocycles. The van der Waals surface area contributed by atoms with Crippen LogP contribution in [0.1, 0.15) is 49.2 Å². The number of benzene rings is 2. The third kappa shape index (κ3) is 7.06. The van der Waals surface area contributed by atoms with Crippen LogP contribution in [0, 0.1) is 5.92 Å². The van der Waals surface area contributed by atoms with Crippen LogP contribution in [0.5, 0.6) is 0 Å². The minimum atomic E-state index is -1.04. The molecule has 3 heterocycles. The van der Waals surface area contributed by atoms with Crippen molar-refractivity contribution in [2.24, 2.45) is 18.0 Å². The lowest BCUT2D eigenvalue weighted by Gasteiger charge is -2.44. The number of amides is 3. The lowest BCUT2D eigenvalue weighted by atomic mass is 9.93. The fourth-order valence-corrected chi connectivity index (χ4v) is 5.68. The van der Waals surface area contributed by atoms with Gasteiger partial charge in [-0.25, -0.2) is 9.56 Å². The summed E-state index contributed by atoms with van der Waals surface area (Å²) in [5.74, 6) is -1.99. The zero-order valence-electron chi connectivity index (χ0n) is 26.8. The normalized spacial score (nSPS) is 18.0. The highest BCUT2D eigenvalue weighted by Crippen LogP contribution is 2.33. The molecule has 2 aliphatic heterocycles. The van der Waals surface area contributed by atoms with E-state index in [1.165, 1.54) is 9.80 Å². The largest absolute Gasteiger partial charge is 0.473 e. The molecule has 0 fully saturated rings. The van der Waals surface area contributed by atoms with Crippen molar-refractivity contribution in [2.75, 3.05) is 13.2 Å². The van der Waals surface area contributed by atoms with E-state index in [4.69, 9.17) is 4.74 Å². The van der Waals surface area contributed by atoms with Crippen LogP contribution in [-0.2, 0) is 32.6 Å². The van der Waals surface area contributed by atoms with E-state index in [0.717, 1.165) is 5.56 Å². The van der Waals surface area contributed by atoms with E-state index in [1.54, 1.807) is 29.1 Å². The molecule has 0 saturated heterocycles. The van der Waals surface area contributed by atoms with Crippen LogP contribution >= 0.6 is 0 Å². The van der Waals surface area contributed by atoms with E-state index >= 15 is 0 Å². The zero-order valence-corrected chi connectivity index (χ0v) is 26.8. The molecule has 2 aromatic carbocycles. The zero-order chi connectivity index (χ0) is 33.0. The number of nitrogens with zero attached hydrogens (tertiary/aromatic N) is 4. The molecular formula is C36H40N5O5+. The minimum Gasteiger partial charge on any atom is -0.473 e. The lowest BCUT2D eigenvalue weighted by molar-refractivity contribution is -0.671. The average molecular weight is 623 g/mol. The molecule has 2 aliphatic rings. The number of aryl methyl sites for hydroxylation is 1. The highest BCUT2D eigenvalue weighted by molar-refractivity contribution is 6.37. The summed E-state index contributed by atoms with van der Waals surface area (Å²) in [6.45, 7) is 7.41. The molecule has 0 radical (unpaired) electrons. The molecular weight excluding hydrogens is 582 g/mol. The number of rotatable bonds is 10. The summed E-state index contributed by atoms with van der Waals surface area (Å²) >= 11 is 0. The average Bonchev–Trinajstić information content (AvgIpc) is 3.42. The second-order valence-electron chi connectivity index (χ2n) is 12.6. The standard InChI is InChI=1S/C36H39N5O5/c1-24(2)31-35(45)41(29(26-15-10-7-11-16-26)22-40(31)34(44)27-17-12-18-39(5)21-27)28(19-25-13-8-6-9-14-25)32(43)37-20-30(42)33-38-36(3,4)23-46-33/h6-18,21-22,24,28,31H,19-20,23H2,1-5H3/p+1/t28-,31+/m0/s1. The summed E-state index contributed by atoms with van der Waals surface area (Å²) in [5.41, 5.74) is 1.80. The first-order chi connectivity index (χ1) is 21.9. The van der Waals surface area contributed by atoms with E-state index in [1.807, 2.05) is 102 Å². The number of nitrogens with one attached hydrogen (secondary N) is 1. The van der Waals surface area contributed by atoms with Gasteiger partial charge in [0.1, 0.15) is 31.3 Å². The number of hydrogen-bond acceptors (Lipinski definition) is 6. The maximum atomic E-state index is 14.7. The van der Waals surface area contributed by atoms with Crippen LogP contribution in [0.15, 0.2) is 96.4 Å². The van der Waals surface area contributed by atoms with Gasteiger partial charge < -0.3 is 10.1 Å². The van der Waals surface area contributed by atoms with Gasteiger partial charge in [0, 0.05) is 18.7 Å². The molecule has 0 saturated carbocycles. The van der Waals surface area contributed by atoms with E-state index in [0.29, 0.717) is 16.8 Å². The number of aliphatic imine (C=N–C) groups is 1. The third-order valence-electron chi connectivity index (χ3n) is 7.95. The van der Waals surface area contributed by atoms with Crippen molar-refractivity contribution < 1.29 is 28.5 Å². The number of hydrogen-bond donors (Lipinski definition) is 1. The minimum absolute atomic E-state index is 0.0211. The summed E-state index contributed by atoms with van der Waals surface area (Å²) in [7, 11) is 1.83. The number of ether oxygens (including phenoxy) is 1. The van der Waals surface area contributed by atoms with Crippen molar-refractivity contribution >= 4 is 35.1 Å². The second-order valence-corrected chi connectivity index (χ2v) is 12.6. The Bertz CT molecular complexity index is 1680.